The van der Waals surface area contributed by atoms with Gasteiger partial charge in [-0.05, 0) is 31.5 Å². The van der Waals surface area contributed by atoms with Crippen molar-refractivity contribution in [2.45, 2.75) is 25.5 Å². The zero-order valence-electron chi connectivity index (χ0n) is 9.56. The van der Waals surface area contributed by atoms with Crippen LogP contribution in [0.2, 0.25) is 0 Å². The second-order valence-electron chi connectivity index (χ2n) is 4.27. The molecule has 1 aliphatic rings. The van der Waals surface area contributed by atoms with E-state index < -0.39 is 5.91 Å². The molecule has 94 valence electrons. The smallest absolute Gasteiger partial charge is 0.300 e. The number of hydrogen-bond acceptors (Lipinski definition) is 5. The van der Waals surface area contributed by atoms with Gasteiger partial charge in [0.15, 0.2) is 5.76 Å². The zero-order valence-corrected chi connectivity index (χ0v) is 9.56. The molecule has 1 saturated heterocycles. The first-order valence-electron chi connectivity index (χ1n) is 5.69. The Bertz CT molecular complexity index is 391. The number of hydrazine groups is 1. The molecule has 1 aromatic heterocycles. The quantitative estimate of drug-likeness (QED) is 0.387. The SMILES string of the molecule is NNC(=O)c1ccc(CN2CCCC(O)C2)o1. The Morgan fingerprint density at radius 1 is 1.65 bits per heavy atom. The summed E-state index contributed by atoms with van der Waals surface area (Å²) in [5.41, 5.74) is 2.02. The number of rotatable bonds is 3. The van der Waals surface area contributed by atoms with E-state index in [9.17, 15) is 9.90 Å². The van der Waals surface area contributed by atoms with Crippen LogP contribution in [0.25, 0.3) is 0 Å². The number of β-amino-alcohol motifs (C(OH)–C–C–N with tert-alkyl or cyclic N) is 1. The highest BCUT2D eigenvalue weighted by Gasteiger charge is 2.19. The summed E-state index contributed by atoms with van der Waals surface area (Å²) in [6, 6.07) is 3.35. The van der Waals surface area contributed by atoms with Gasteiger partial charge in [-0.1, -0.05) is 0 Å². The number of amides is 1. The first-order chi connectivity index (χ1) is 8.19. The zero-order chi connectivity index (χ0) is 12.3. The average Bonchev–Trinajstić information content (AvgIpc) is 2.76. The molecule has 1 aliphatic heterocycles. The van der Waals surface area contributed by atoms with E-state index in [0.717, 1.165) is 19.4 Å². The number of piperidine rings is 1. The summed E-state index contributed by atoms with van der Waals surface area (Å²) in [6.45, 7) is 2.20. The van der Waals surface area contributed by atoms with Crippen LogP contribution >= 0.6 is 0 Å². The Balaban J connectivity index is 1.94. The van der Waals surface area contributed by atoms with Crippen molar-refractivity contribution >= 4 is 5.91 Å². The monoisotopic (exact) mass is 239 g/mol. The van der Waals surface area contributed by atoms with Crippen molar-refractivity contribution in [3.8, 4) is 0 Å². The summed E-state index contributed by atoms with van der Waals surface area (Å²) in [7, 11) is 0. The number of nitrogens with zero attached hydrogens (tertiary/aromatic N) is 1. The highest BCUT2D eigenvalue weighted by molar-refractivity contribution is 5.90. The number of furan rings is 1. The number of nitrogen functional groups attached to an aromatic ring is 1. The van der Waals surface area contributed by atoms with Gasteiger partial charge in [0.25, 0.3) is 0 Å². The van der Waals surface area contributed by atoms with Gasteiger partial charge in [0.1, 0.15) is 5.76 Å². The molecule has 2 rings (SSSR count). The third kappa shape index (κ3) is 3.06. The van der Waals surface area contributed by atoms with E-state index in [-0.39, 0.29) is 11.9 Å². The van der Waals surface area contributed by atoms with Crippen LogP contribution < -0.4 is 11.3 Å². The maximum absolute atomic E-state index is 11.2. The Morgan fingerprint density at radius 2 is 2.47 bits per heavy atom. The molecule has 0 saturated carbocycles. The largest absolute Gasteiger partial charge is 0.455 e. The Hall–Kier alpha value is -1.37. The van der Waals surface area contributed by atoms with E-state index in [0.29, 0.717) is 18.8 Å². The highest BCUT2D eigenvalue weighted by atomic mass is 16.4. The lowest BCUT2D eigenvalue weighted by Gasteiger charge is -2.29. The molecule has 0 aliphatic carbocycles. The third-order valence-electron chi connectivity index (χ3n) is 2.88. The minimum atomic E-state index is -0.435. The number of aliphatic hydroxyl groups is 1. The lowest BCUT2D eigenvalue weighted by atomic mass is 10.1. The van der Waals surface area contributed by atoms with Crippen molar-refractivity contribution in [3.05, 3.63) is 23.7 Å². The predicted octanol–water partition coefficient (Wildman–Crippen LogP) is -0.160. The average molecular weight is 239 g/mol. The van der Waals surface area contributed by atoms with Crippen LogP contribution in [-0.4, -0.2) is 35.1 Å². The van der Waals surface area contributed by atoms with Gasteiger partial charge in [-0.3, -0.25) is 15.1 Å². The topological polar surface area (TPSA) is 91.7 Å². The van der Waals surface area contributed by atoms with E-state index >= 15 is 0 Å². The molecule has 0 aromatic carbocycles. The van der Waals surface area contributed by atoms with Crippen LogP contribution in [0.5, 0.6) is 0 Å². The van der Waals surface area contributed by atoms with Crippen molar-refractivity contribution < 1.29 is 14.3 Å². The lowest BCUT2D eigenvalue weighted by Crippen LogP contribution is -2.37. The number of aliphatic hydroxyl groups excluding tert-OH is 1. The first-order valence-corrected chi connectivity index (χ1v) is 5.69. The van der Waals surface area contributed by atoms with Crippen LogP contribution in [0.1, 0.15) is 29.2 Å². The molecule has 4 N–H and O–H groups in total. The number of nitrogens with one attached hydrogen (secondary N) is 1. The van der Waals surface area contributed by atoms with Crippen LogP contribution in [0, 0.1) is 0 Å². The maximum atomic E-state index is 11.2. The molecule has 1 unspecified atom stereocenters. The highest BCUT2D eigenvalue weighted by Crippen LogP contribution is 2.15. The van der Waals surface area contributed by atoms with Crippen molar-refractivity contribution in [1.29, 1.82) is 0 Å². The molecule has 1 amide bonds. The fourth-order valence-electron chi connectivity index (χ4n) is 2.05. The number of nitrogens with two attached hydrogens (primary N) is 1. The first kappa shape index (κ1) is 12.1. The second-order valence-corrected chi connectivity index (χ2v) is 4.27. The summed E-state index contributed by atoms with van der Waals surface area (Å²) in [5.74, 6) is 5.49. The summed E-state index contributed by atoms with van der Waals surface area (Å²) < 4.78 is 5.36. The van der Waals surface area contributed by atoms with Gasteiger partial charge in [-0.25, -0.2) is 5.84 Å². The number of carbonyl (C=O) groups is 1. The van der Waals surface area contributed by atoms with Crippen LogP contribution in [0.15, 0.2) is 16.5 Å². The number of carbonyl (C=O) groups excluding carboxylic acids is 1. The predicted molar refractivity (Wildman–Crippen MR) is 60.9 cm³/mol. The van der Waals surface area contributed by atoms with E-state index in [2.05, 4.69) is 4.90 Å². The van der Waals surface area contributed by atoms with Crippen LogP contribution in [0.3, 0.4) is 0 Å². The number of likely N-dealkylation sites (tertiary alicyclic amines) is 1. The van der Waals surface area contributed by atoms with Crippen molar-refractivity contribution in [1.82, 2.24) is 10.3 Å². The van der Waals surface area contributed by atoms with Gasteiger partial charge in [-0.2, -0.15) is 0 Å². The maximum Gasteiger partial charge on any atom is 0.300 e. The summed E-state index contributed by atoms with van der Waals surface area (Å²) in [5, 5.41) is 9.54. The number of hydrogen-bond donors (Lipinski definition) is 3. The molecule has 0 radical (unpaired) electrons. The van der Waals surface area contributed by atoms with Crippen molar-refractivity contribution in [3.63, 3.8) is 0 Å². The summed E-state index contributed by atoms with van der Waals surface area (Å²) in [6.07, 6.45) is 1.58. The van der Waals surface area contributed by atoms with Gasteiger partial charge in [0, 0.05) is 6.54 Å². The fourth-order valence-corrected chi connectivity index (χ4v) is 2.05. The molecular weight excluding hydrogens is 222 g/mol. The molecule has 1 fully saturated rings. The van der Waals surface area contributed by atoms with Gasteiger partial charge in [0.2, 0.25) is 0 Å². The summed E-state index contributed by atoms with van der Waals surface area (Å²) in [4.78, 5) is 13.3. The Kier molecular flexibility index (Phi) is 3.78. The Labute approximate surface area is 99.3 Å². The van der Waals surface area contributed by atoms with Crippen molar-refractivity contribution in [2.75, 3.05) is 13.1 Å². The normalized spacial score (nSPS) is 21.4. The van der Waals surface area contributed by atoms with E-state index in [1.165, 1.54) is 0 Å². The molecule has 6 heteroatoms. The van der Waals surface area contributed by atoms with Gasteiger partial charge in [-0.15, -0.1) is 0 Å². The van der Waals surface area contributed by atoms with E-state index in [4.69, 9.17) is 10.3 Å². The fraction of sp³-hybridized carbons (Fsp3) is 0.545. The van der Waals surface area contributed by atoms with E-state index in [1.54, 1.807) is 12.1 Å². The molecule has 1 aromatic rings. The minimum Gasteiger partial charge on any atom is -0.455 e. The minimum absolute atomic E-state index is 0.208. The van der Waals surface area contributed by atoms with Gasteiger partial charge < -0.3 is 9.52 Å². The molecule has 0 bridgehead atoms. The van der Waals surface area contributed by atoms with Crippen molar-refractivity contribution in [2.24, 2.45) is 5.84 Å². The Morgan fingerprint density at radius 3 is 3.18 bits per heavy atom. The molecule has 17 heavy (non-hydrogen) atoms. The third-order valence-corrected chi connectivity index (χ3v) is 2.88. The van der Waals surface area contributed by atoms with E-state index in [1.807, 2.05) is 5.43 Å². The van der Waals surface area contributed by atoms with Crippen LogP contribution in [0.4, 0.5) is 0 Å². The lowest BCUT2D eigenvalue weighted by molar-refractivity contribution is 0.0628. The molecule has 6 nitrogen and oxygen atoms in total. The second kappa shape index (κ2) is 5.31. The molecule has 0 spiro atoms. The molecular formula is C11H17N3O3. The standard InChI is InChI=1S/C11H17N3O3/c12-13-11(16)10-4-3-9(17-10)7-14-5-1-2-8(15)6-14/h3-4,8,15H,1-2,5-7,12H2,(H,13,16). The van der Waals surface area contributed by atoms with Gasteiger partial charge >= 0.3 is 5.91 Å². The summed E-state index contributed by atoms with van der Waals surface area (Å²) >= 11 is 0. The van der Waals surface area contributed by atoms with Gasteiger partial charge in [0.05, 0.1) is 12.6 Å². The molecule has 1 atom stereocenters. The molecule has 2 heterocycles. The van der Waals surface area contributed by atoms with Crippen LogP contribution in [-0.2, 0) is 6.54 Å².